The van der Waals surface area contributed by atoms with Crippen molar-refractivity contribution in [1.82, 2.24) is 9.66 Å². The first kappa shape index (κ1) is 15.9. The highest BCUT2D eigenvalue weighted by atomic mass is 79.9. The molecule has 2 aliphatic heterocycles. The molecule has 6 nitrogen and oxygen atoms in total. The molecule has 26 heavy (non-hydrogen) atoms. The van der Waals surface area contributed by atoms with Gasteiger partial charge in [0.25, 0.3) is 0 Å². The maximum Gasteiger partial charge on any atom is 0.231 e. The second kappa shape index (κ2) is 5.85. The maximum atomic E-state index is 5.85. The number of aromatic nitrogens is 2. The van der Waals surface area contributed by atoms with E-state index in [4.69, 9.17) is 20.3 Å². The zero-order valence-electron chi connectivity index (χ0n) is 13.4. The smallest absolute Gasteiger partial charge is 0.231 e. The Morgan fingerprint density at radius 3 is 2.54 bits per heavy atom. The average Bonchev–Trinajstić information content (AvgIpc) is 3.14. The maximum absolute atomic E-state index is 5.85. The number of benzene rings is 2. The minimum Gasteiger partial charge on any atom is -0.454 e. The summed E-state index contributed by atoms with van der Waals surface area (Å²) in [5.74, 6) is 2.31. The number of fused-ring (bicyclic) bond motifs is 3. The van der Waals surface area contributed by atoms with Gasteiger partial charge in [-0.2, -0.15) is 5.10 Å². The molecule has 0 atom stereocenters. The van der Waals surface area contributed by atoms with Crippen LogP contribution in [0, 0.1) is 0 Å². The Morgan fingerprint density at radius 2 is 1.77 bits per heavy atom. The highest BCUT2D eigenvalue weighted by molar-refractivity contribution is 9.13. The quantitative estimate of drug-likeness (QED) is 0.423. The highest BCUT2D eigenvalue weighted by Gasteiger charge is 2.26. The molecular formula is C18H12Br2N4O2. The van der Waals surface area contributed by atoms with Gasteiger partial charge in [-0.15, -0.1) is 0 Å². The summed E-state index contributed by atoms with van der Waals surface area (Å²) in [6.45, 7) is 0.234. The van der Waals surface area contributed by atoms with Crippen LogP contribution < -0.4 is 15.2 Å². The summed E-state index contributed by atoms with van der Waals surface area (Å²) in [5, 5.41) is 4.88. The van der Waals surface area contributed by atoms with Gasteiger partial charge >= 0.3 is 0 Å². The van der Waals surface area contributed by atoms with Crippen LogP contribution >= 0.6 is 31.9 Å². The number of rotatable bonds is 1. The van der Waals surface area contributed by atoms with Crippen molar-refractivity contribution in [3.05, 3.63) is 68.1 Å². The molecule has 0 fully saturated rings. The van der Waals surface area contributed by atoms with E-state index in [2.05, 4.69) is 36.8 Å². The Labute approximate surface area is 165 Å². The van der Waals surface area contributed by atoms with Gasteiger partial charge in [-0.1, -0.05) is 12.1 Å². The molecule has 1 aromatic heterocycles. The fourth-order valence-corrected chi connectivity index (χ4v) is 3.90. The minimum absolute atomic E-state index is 0.234. The standard InChI is InChI=1S/C18H12Br2N4O2/c19-17-18(20)24-15(22-17)6-10-5-13-14(26-8-25-13)7-12(10)16(23-24)9-1-3-11(21)4-2-9/h1-5,7H,6,8,21H2. The summed E-state index contributed by atoms with van der Waals surface area (Å²) < 4.78 is 14.4. The summed E-state index contributed by atoms with van der Waals surface area (Å²) >= 11 is 7.03. The van der Waals surface area contributed by atoms with Gasteiger partial charge in [-0.05, 0) is 61.7 Å². The Balaban J connectivity index is 1.79. The lowest BCUT2D eigenvalue weighted by Crippen LogP contribution is -2.07. The molecule has 0 saturated carbocycles. The zero-order chi connectivity index (χ0) is 17.8. The van der Waals surface area contributed by atoms with E-state index in [0.29, 0.717) is 12.1 Å². The summed E-state index contributed by atoms with van der Waals surface area (Å²) in [6, 6.07) is 11.7. The van der Waals surface area contributed by atoms with Gasteiger partial charge in [0.2, 0.25) is 6.79 Å². The van der Waals surface area contributed by atoms with Gasteiger partial charge in [0.05, 0.1) is 5.71 Å². The van der Waals surface area contributed by atoms with Crippen molar-refractivity contribution in [3.8, 4) is 11.5 Å². The van der Waals surface area contributed by atoms with Gasteiger partial charge in [-0.25, -0.2) is 9.66 Å². The molecule has 5 rings (SSSR count). The lowest BCUT2D eigenvalue weighted by Gasteiger charge is -2.11. The number of nitrogens with two attached hydrogens (primary N) is 1. The molecule has 0 aliphatic carbocycles. The lowest BCUT2D eigenvalue weighted by molar-refractivity contribution is 0.174. The van der Waals surface area contributed by atoms with E-state index < -0.39 is 0 Å². The first-order chi connectivity index (χ1) is 12.6. The second-order valence-corrected chi connectivity index (χ2v) is 7.53. The number of imidazole rings is 1. The van der Waals surface area contributed by atoms with Crippen molar-refractivity contribution in [1.29, 1.82) is 0 Å². The Bertz CT molecular complexity index is 1070. The third kappa shape index (κ3) is 2.44. The van der Waals surface area contributed by atoms with Crippen LogP contribution in [-0.2, 0) is 6.42 Å². The predicted octanol–water partition coefficient (Wildman–Crippen LogP) is 3.92. The molecule has 130 valence electrons. The average molecular weight is 476 g/mol. The van der Waals surface area contributed by atoms with E-state index in [9.17, 15) is 0 Å². The predicted molar refractivity (Wildman–Crippen MR) is 105 cm³/mol. The van der Waals surface area contributed by atoms with Gasteiger partial charge in [0.1, 0.15) is 15.0 Å². The fraction of sp³-hybridized carbons (Fsp3) is 0.111. The van der Waals surface area contributed by atoms with Crippen LogP contribution in [0.2, 0.25) is 0 Å². The van der Waals surface area contributed by atoms with E-state index in [1.165, 1.54) is 0 Å². The molecular weight excluding hydrogens is 464 g/mol. The molecule has 2 aromatic carbocycles. The van der Waals surface area contributed by atoms with E-state index in [1.54, 1.807) is 0 Å². The molecule has 0 amide bonds. The van der Waals surface area contributed by atoms with Crippen molar-refractivity contribution in [3.63, 3.8) is 0 Å². The zero-order valence-corrected chi connectivity index (χ0v) is 16.5. The van der Waals surface area contributed by atoms with E-state index in [1.807, 2.05) is 41.1 Å². The fourth-order valence-electron chi connectivity index (χ4n) is 3.15. The topological polar surface area (TPSA) is 74.7 Å². The van der Waals surface area contributed by atoms with E-state index in [0.717, 1.165) is 48.9 Å². The molecule has 3 aromatic rings. The number of nitrogen functional groups attached to an aromatic ring is 1. The first-order valence-electron chi connectivity index (χ1n) is 7.90. The van der Waals surface area contributed by atoms with Crippen molar-refractivity contribution >= 4 is 43.3 Å². The van der Waals surface area contributed by atoms with Crippen LogP contribution in [0.15, 0.2) is 50.7 Å². The third-order valence-corrected chi connectivity index (χ3v) is 6.21. The monoisotopic (exact) mass is 474 g/mol. The van der Waals surface area contributed by atoms with Crippen molar-refractivity contribution in [2.75, 3.05) is 12.5 Å². The number of hydrogen-bond acceptors (Lipinski definition) is 5. The van der Waals surface area contributed by atoms with Crippen LogP contribution in [0.3, 0.4) is 0 Å². The van der Waals surface area contributed by atoms with Crippen LogP contribution in [0.5, 0.6) is 11.5 Å². The van der Waals surface area contributed by atoms with Crippen LogP contribution in [0.1, 0.15) is 22.5 Å². The SMILES string of the molecule is Nc1ccc(C2=Nn3c(nc(Br)c3Br)Cc3cc4c(cc32)OCO4)cc1. The van der Waals surface area contributed by atoms with Crippen LogP contribution in [-0.4, -0.2) is 22.2 Å². The first-order valence-corrected chi connectivity index (χ1v) is 9.49. The summed E-state index contributed by atoms with van der Waals surface area (Å²) in [5.41, 5.74) is 10.4. The van der Waals surface area contributed by atoms with E-state index in [-0.39, 0.29) is 6.79 Å². The molecule has 0 spiro atoms. The van der Waals surface area contributed by atoms with Gasteiger partial charge in [0, 0.05) is 23.2 Å². The Kier molecular flexibility index (Phi) is 3.58. The number of hydrogen-bond donors (Lipinski definition) is 1. The van der Waals surface area contributed by atoms with Crippen molar-refractivity contribution in [2.45, 2.75) is 6.42 Å². The van der Waals surface area contributed by atoms with Crippen LogP contribution in [0.25, 0.3) is 0 Å². The number of ether oxygens (including phenoxy) is 2. The summed E-state index contributed by atoms with van der Waals surface area (Å²) in [6.07, 6.45) is 0.623. The van der Waals surface area contributed by atoms with Crippen molar-refractivity contribution in [2.24, 2.45) is 5.10 Å². The molecule has 2 N–H and O–H groups in total. The third-order valence-electron chi connectivity index (χ3n) is 4.41. The number of anilines is 1. The molecule has 0 bridgehead atoms. The number of halogens is 2. The van der Waals surface area contributed by atoms with Gasteiger partial charge in [0.15, 0.2) is 11.5 Å². The molecule has 0 radical (unpaired) electrons. The summed E-state index contributed by atoms with van der Waals surface area (Å²) in [7, 11) is 0. The number of nitrogens with zero attached hydrogens (tertiary/aromatic N) is 3. The largest absolute Gasteiger partial charge is 0.454 e. The molecule has 3 heterocycles. The molecule has 0 saturated heterocycles. The molecule has 2 aliphatic rings. The molecule has 8 heteroatoms. The normalized spacial score (nSPS) is 14.5. The molecule has 0 unspecified atom stereocenters. The van der Waals surface area contributed by atoms with E-state index >= 15 is 0 Å². The van der Waals surface area contributed by atoms with Crippen molar-refractivity contribution < 1.29 is 9.47 Å². The van der Waals surface area contributed by atoms with Gasteiger partial charge in [-0.3, -0.25) is 0 Å². The highest BCUT2D eigenvalue weighted by Crippen LogP contribution is 2.38. The second-order valence-electron chi connectivity index (χ2n) is 6.03. The minimum atomic E-state index is 0.234. The Morgan fingerprint density at radius 1 is 1.04 bits per heavy atom. The lowest BCUT2D eigenvalue weighted by atomic mass is 9.95. The van der Waals surface area contributed by atoms with Crippen LogP contribution in [0.4, 0.5) is 5.69 Å². The Hall–Kier alpha value is -2.32. The van der Waals surface area contributed by atoms with Gasteiger partial charge < -0.3 is 15.2 Å². The summed E-state index contributed by atoms with van der Waals surface area (Å²) in [4.78, 5) is 4.58.